The number of hydrogen-bond donors (Lipinski definition) is 1. The lowest BCUT2D eigenvalue weighted by Gasteiger charge is -2.40. The van der Waals surface area contributed by atoms with Gasteiger partial charge in [-0.1, -0.05) is 6.42 Å². The molecule has 0 aromatic carbocycles. The van der Waals surface area contributed by atoms with Gasteiger partial charge < -0.3 is 14.8 Å². The molecular weight excluding hydrogens is 280 g/mol. The zero-order valence-electron chi connectivity index (χ0n) is 13.1. The summed E-state index contributed by atoms with van der Waals surface area (Å²) in [5.41, 5.74) is 0.929. The molecule has 2 atom stereocenters. The molecule has 120 valence electrons. The van der Waals surface area contributed by atoms with Gasteiger partial charge in [0.15, 0.2) is 0 Å². The molecule has 1 saturated heterocycles. The van der Waals surface area contributed by atoms with E-state index in [2.05, 4.69) is 10.3 Å². The second-order valence-corrected chi connectivity index (χ2v) is 6.50. The summed E-state index contributed by atoms with van der Waals surface area (Å²) in [6, 6.07) is 4.14. The maximum absolute atomic E-state index is 12.6. The predicted octanol–water partition coefficient (Wildman–Crippen LogP) is 1.57. The van der Waals surface area contributed by atoms with Crippen LogP contribution in [0.25, 0.3) is 0 Å². The molecule has 2 fully saturated rings. The fraction of sp³-hybridized carbons (Fsp3) is 0.647. The largest absolute Gasteiger partial charge is 0.384 e. The highest BCUT2D eigenvalue weighted by Gasteiger charge is 2.45. The van der Waals surface area contributed by atoms with Crippen molar-refractivity contribution in [2.45, 2.75) is 31.7 Å². The minimum absolute atomic E-state index is 0.0926. The number of amides is 1. The van der Waals surface area contributed by atoms with Gasteiger partial charge in [0.2, 0.25) is 5.91 Å². The topological polar surface area (TPSA) is 60.5 Å². The van der Waals surface area contributed by atoms with Crippen molar-refractivity contribution in [3.05, 3.63) is 30.1 Å². The van der Waals surface area contributed by atoms with Gasteiger partial charge in [-0.2, -0.15) is 0 Å². The minimum Gasteiger partial charge on any atom is -0.384 e. The average molecular weight is 304 g/mol. The number of methoxy groups -OCH3 is 1. The van der Waals surface area contributed by atoms with E-state index < -0.39 is 0 Å². The first kappa shape index (κ1) is 15.4. The lowest BCUT2D eigenvalue weighted by atomic mass is 9.68. The molecule has 2 aliphatic rings. The Bertz CT molecular complexity index is 502. The number of rotatable bonds is 6. The molecule has 1 aliphatic heterocycles. The quantitative estimate of drug-likeness (QED) is 0.866. The lowest BCUT2D eigenvalue weighted by molar-refractivity contribution is -0.141. The molecule has 0 bridgehead atoms. The van der Waals surface area contributed by atoms with Crippen molar-refractivity contribution in [2.75, 3.05) is 26.9 Å². The van der Waals surface area contributed by atoms with Crippen LogP contribution in [0.5, 0.6) is 0 Å². The molecule has 0 unspecified atom stereocenters. The van der Waals surface area contributed by atoms with Crippen LogP contribution in [0.15, 0.2) is 24.5 Å². The zero-order valence-corrected chi connectivity index (χ0v) is 13.1. The number of carbonyl (C=O) groups is 1. The van der Waals surface area contributed by atoms with Crippen molar-refractivity contribution >= 4 is 5.91 Å². The Balaban J connectivity index is 1.60. The van der Waals surface area contributed by atoms with Crippen LogP contribution in [0.3, 0.4) is 0 Å². The van der Waals surface area contributed by atoms with Gasteiger partial charge in [-0.05, 0) is 37.0 Å². The van der Waals surface area contributed by atoms with Gasteiger partial charge in [0.25, 0.3) is 0 Å². The van der Waals surface area contributed by atoms with Crippen molar-refractivity contribution < 1.29 is 14.3 Å². The van der Waals surface area contributed by atoms with E-state index in [9.17, 15) is 4.79 Å². The van der Waals surface area contributed by atoms with Gasteiger partial charge in [0.1, 0.15) is 0 Å². The second kappa shape index (κ2) is 6.75. The Morgan fingerprint density at radius 2 is 2.18 bits per heavy atom. The molecule has 5 heteroatoms. The van der Waals surface area contributed by atoms with Crippen LogP contribution in [-0.4, -0.2) is 43.9 Å². The van der Waals surface area contributed by atoms with Crippen molar-refractivity contribution in [3.8, 4) is 0 Å². The Kier molecular flexibility index (Phi) is 4.74. The molecule has 22 heavy (non-hydrogen) atoms. The van der Waals surface area contributed by atoms with Crippen molar-refractivity contribution in [3.63, 3.8) is 0 Å². The van der Waals surface area contributed by atoms with Crippen LogP contribution < -0.4 is 5.32 Å². The summed E-state index contributed by atoms with van der Waals surface area (Å²) < 4.78 is 10.9. The summed E-state index contributed by atoms with van der Waals surface area (Å²) in [5.74, 6) is 0.460. The molecular formula is C17H24N2O3. The number of aromatic nitrogens is 1. The SMILES string of the molecule is COCC1(C(=O)N[C@H]2COC[C@H]2Cc2ccncc2)CCC1. The van der Waals surface area contributed by atoms with Crippen molar-refractivity contribution in [2.24, 2.45) is 11.3 Å². The van der Waals surface area contributed by atoms with Crippen LogP contribution in [0.4, 0.5) is 0 Å². The summed E-state index contributed by atoms with van der Waals surface area (Å²) in [7, 11) is 1.66. The Morgan fingerprint density at radius 1 is 1.41 bits per heavy atom. The van der Waals surface area contributed by atoms with Crippen LogP contribution in [0, 0.1) is 11.3 Å². The summed E-state index contributed by atoms with van der Waals surface area (Å²) in [4.78, 5) is 16.7. The minimum atomic E-state index is -0.307. The molecule has 5 nitrogen and oxygen atoms in total. The van der Waals surface area contributed by atoms with E-state index in [4.69, 9.17) is 9.47 Å². The molecule has 1 aliphatic carbocycles. The van der Waals surface area contributed by atoms with E-state index in [1.807, 2.05) is 12.1 Å². The molecule has 1 N–H and O–H groups in total. The van der Waals surface area contributed by atoms with Gasteiger partial charge >= 0.3 is 0 Å². The molecule has 0 radical (unpaired) electrons. The number of nitrogens with one attached hydrogen (secondary N) is 1. The van der Waals surface area contributed by atoms with E-state index in [0.29, 0.717) is 25.7 Å². The number of ether oxygens (including phenoxy) is 2. The molecule has 1 saturated carbocycles. The summed E-state index contributed by atoms with van der Waals surface area (Å²) >= 11 is 0. The van der Waals surface area contributed by atoms with E-state index in [1.54, 1.807) is 19.5 Å². The third-order valence-corrected chi connectivity index (χ3v) is 4.98. The number of carbonyl (C=O) groups excluding carboxylic acids is 1. The first-order chi connectivity index (χ1) is 10.7. The molecule has 3 rings (SSSR count). The van der Waals surface area contributed by atoms with Crippen molar-refractivity contribution in [1.82, 2.24) is 10.3 Å². The van der Waals surface area contributed by atoms with Gasteiger partial charge in [-0.15, -0.1) is 0 Å². The molecule has 1 aromatic heterocycles. The Morgan fingerprint density at radius 3 is 2.82 bits per heavy atom. The maximum Gasteiger partial charge on any atom is 0.228 e. The second-order valence-electron chi connectivity index (χ2n) is 6.50. The number of pyridine rings is 1. The Labute approximate surface area is 131 Å². The average Bonchev–Trinajstić information content (AvgIpc) is 2.91. The number of hydrogen-bond acceptors (Lipinski definition) is 4. The fourth-order valence-electron chi connectivity index (χ4n) is 3.42. The van der Waals surface area contributed by atoms with Gasteiger partial charge in [-0.3, -0.25) is 9.78 Å². The van der Waals surface area contributed by atoms with Gasteiger partial charge in [0, 0.05) is 25.4 Å². The Hall–Kier alpha value is -1.46. The van der Waals surface area contributed by atoms with Crippen LogP contribution in [0.2, 0.25) is 0 Å². The number of nitrogens with zero attached hydrogens (tertiary/aromatic N) is 1. The highest BCUT2D eigenvalue weighted by Crippen LogP contribution is 2.41. The van der Waals surface area contributed by atoms with Gasteiger partial charge in [0.05, 0.1) is 31.3 Å². The van der Waals surface area contributed by atoms with Crippen LogP contribution in [-0.2, 0) is 20.7 Å². The summed E-state index contributed by atoms with van der Waals surface area (Å²) in [5, 5.41) is 3.22. The van der Waals surface area contributed by atoms with Gasteiger partial charge in [-0.25, -0.2) is 0 Å². The summed E-state index contributed by atoms with van der Waals surface area (Å²) in [6.45, 7) is 1.82. The molecule has 1 aromatic rings. The fourth-order valence-corrected chi connectivity index (χ4v) is 3.42. The highest BCUT2D eigenvalue weighted by molar-refractivity contribution is 5.84. The van der Waals surface area contributed by atoms with E-state index in [1.165, 1.54) is 5.56 Å². The monoisotopic (exact) mass is 304 g/mol. The normalized spacial score (nSPS) is 26.4. The maximum atomic E-state index is 12.6. The third-order valence-electron chi connectivity index (χ3n) is 4.98. The van der Waals surface area contributed by atoms with Crippen LogP contribution >= 0.6 is 0 Å². The summed E-state index contributed by atoms with van der Waals surface area (Å²) in [6.07, 6.45) is 7.48. The molecule has 2 heterocycles. The first-order valence-corrected chi connectivity index (χ1v) is 8.00. The zero-order chi connectivity index (χ0) is 15.4. The first-order valence-electron chi connectivity index (χ1n) is 8.00. The van der Waals surface area contributed by atoms with Crippen LogP contribution in [0.1, 0.15) is 24.8 Å². The smallest absolute Gasteiger partial charge is 0.228 e. The van der Waals surface area contributed by atoms with E-state index in [-0.39, 0.29) is 17.4 Å². The molecule has 1 amide bonds. The van der Waals surface area contributed by atoms with E-state index >= 15 is 0 Å². The standard InChI is InChI=1S/C17H24N2O3/c1-21-12-17(5-2-6-17)16(20)19-15-11-22-10-14(15)9-13-3-7-18-8-4-13/h3-4,7-8,14-15H,2,5-6,9-12H2,1H3,(H,19,20)/t14-,15+/m1/s1. The third kappa shape index (κ3) is 3.15. The van der Waals surface area contributed by atoms with Crippen molar-refractivity contribution in [1.29, 1.82) is 0 Å². The van der Waals surface area contributed by atoms with E-state index in [0.717, 1.165) is 25.7 Å². The molecule has 0 spiro atoms. The predicted molar refractivity (Wildman–Crippen MR) is 82.3 cm³/mol. The lowest BCUT2D eigenvalue weighted by Crippen LogP contribution is -2.53. The highest BCUT2D eigenvalue weighted by atomic mass is 16.5.